The number of amides is 7. The van der Waals surface area contributed by atoms with Crippen LogP contribution in [0.25, 0.3) is 11.1 Å². The third-order valence-corrected chi connectivity index (χ3v) is 20.6. The number of hydrogen-bond acceptors (Lipinski definition) is 21. The van der Waals surface area contributed by atoms with Crippen molar-refractivity contribution in [3.8, 4) is 80.1 Å². The van der Waals surface area contributed by atoms with E-state index in [0.717, 1.165) is 66.8 Å². The van der Waals surface area contributed by atoms with E-state index in [1.54, 1.807) is 0 Å². The highest BCUT2D eigenvalue weighted by Crippen LogP contribution is 2.51. The first-order valence-electron chi connectivity index (χ1n) is 36.4. The zero-order valence-corrected chi connectivity index (χ0v) is 62.8. The number of aliphatic hydroxyl groups is 2. The molecular formula is C79H92Cl2N11O18+. The molecule has 29 nitrogen and oxygen atoms in total. The molecule has 6 aliphatic heterocycles. The molecule has 6 aliphatic rings. The van der Waals surface area contributed by atoms with Gasteiger partial charge in [0.1, 0.15) is 94.7 Å². The fourth-order valence-corrected chi connectivity index (χ4v) is 14.4. The van der Waals surface area contributed by atoms with E-state index in [-0.39, 0.29) is 90.6 Å². The first-order chi connectivity index (χ1) is 52.5. The van der Waals surface area contributed by atoms with Crippen molar-refractivity contribution in [2.75, 3.05) is 60.9 Å². The Morgan fingerprint density at radius 1 is 0.509 bits per heavy atom. The first-order valence-corrected chi connectivity index (χ1v) is 37.2. The van der Waals surface area contributed by atoms with E-state index in [9.17, 15) is 45.6 Å². The number of aromatic hydroxyl groups is 6. The van der Waals surface area contributed by atoms with Gasteiger partial charge in [-0.1, -0.05) is 99.0 Å². The number of nitrogens with one attached hydrogen (secondary N) is 8. The molecule has 9 atom stereocenters. The zero-order valence-electron chi connectivity index (χ0n) is 61.3. The normalized spacial score (nSPS) is 20.6. The van der Waals surface area contributed by atoms with Crippen molar-refractivity contribution in [1.82, 2.24) is 47.4 Å². The number of nitrogens with two attached hydrogens (primary N) is 1. The van der Waals surface area contributed by atoms with Crippen molar-refractivity contribution in [2.24, 2.45) is 5.73 Å². The van der Waals surface area contributed by atoms with Crippen LogP contribution in [-0.2, 0) is 40.1 Å². The standard InChI is InChI=1S/C79H91Cl2N11O18/c1-6-7-8-9-10-11-12-13-28-92(4,5)29-16-25-83-39-49-54(96)38-48-61(71(49)99)60-47(17-14-18-53(60)95)65-77(105)90-68(79(107)88-66(48)74(102)84-26-15-27-91(2)3)70(98)42-21-24-56(51(81)33-42)110-59-36-44-35-58(72(59)100)109-55-23-20-41(32-50(55)80)69(97)67-78(106)86-63(75(103)85-64(44)76(104)87-65)43-30-45(93)37-46(31-43)108-57-34-40(19-22-52(57)94)62(82)73(101)89-67/h14,17-24,30-38,62-70,83,97-98H,6-13,15-16,25-29,39,82H2,1-5H3,(H12-,84,85,86,87,88,89,90,93,94,95,96,99,100,101,102,103,104,105,106,107)/p+1. The average Bonchev–Trinajstić information content (AvgIpc) is 1.17. The van der Waals surface area contributed by atoms with Gasteiger partial charge in [0.25, 0.3) is 0 Å². The molecule has 0 aliphatic carbocycles. The van der Waals surface area contributed by atoms with E-state index in [0.29, 0.717) is 25.9 Å². The molecule has 9 unspecified atom stereocenters. The van der Waals surface area contributed by atoms with Crippen LogP contribution in [0, 0.1) is 0 Å². The molecule has 31 heteroatoms. The van der Waals surface area contributed by atoms with Crippen LogP contribution in [0.15, 0.2) is 109 Å². The van der Waals surface area contributed by atoms with E-state index in [4.69, 9.17) is 43.1 Å². The van der Waals surface area contributed by atoms with Crippen LogP contribution in [0.5, 0.6) is 69.0 Å². The largest absolute Gasteiger partial charge is 0.508 e. The van der Waals surface area contributed by atoms with E-state index in [1.165, 1.54) is 111 Å². The Kier molecular flexibility index (Phi) is 25.5. The van der Waals surface area contributed by atoms with Crippen molar-refractivity contribution >= 4 is 64.6 Å². The van der Waals surface area contributed by atoms with Crippen LogP contribution in [0.4, 0.5) is 0 Å². The second-order valence-corrected chi connectivity index (χ2v) is 29.7. The van der Waals surface area contributed by atoms with Crippen LogP contribution in [0.3, 0.4) is 0 Å². The fourth-order valence-electron chi connectivity index (χ4n) is 14.0. The lowest BCUT2D eigenvalue weighted by atomic mass is 9.85. The Bertz CT molecular complexity index is 4660. The van der Waals surface area contributed by atoms with Crippen LogP contribution in [0.1, 0.15) is 158 Å². The van der Waals surface area contributed by atoms with Crippen LogP contribution < -0.4 is 62.5 Å². The van der Waals surface area contributed by atoms with Crippen molar-refractivity contribution in [2.45, 2.75) is 132 Å². The quantitative estimate of drug-likeness (QED) is 0.0253. The maximum atomic E-state index is 16.4. The maximum Gasteiger partial charge on any atom is 0.248 e. The summed E-state index contributed by atoms with van der Waals surface area (Å²) in [6.07, 6.45) is 6.30. The molecule has 15 bridgehead atoms. The number of ether oxygens (including phenoxy) is 3. The van der Waals surface area contributed by atoms with Gasteiger partial charge in [0.2, 0.25) is 47.1 Å². The average molecular weight is 1550 g/mol. The van der Waals surface area contributed by atoms with Crippen molar-refractivity contribution in [1.29, 1.82) is 0 Å². The summed E-state index contributed by atoms with van der Waals surface area (Å²) in [5.74, 6) is -14.8. The summed E-state index contributed by atoms with van der Waals surface area (Å²) < 4.78 is 19.4. The number of fused-ring (bicyclic) bond motifs is 13. The second-order valence-electron chi connectivity index (χ2n) is 28.9. The molecule has 0 saturated carbocycles. The SMILES string of the molecule is CCCCCCCCCC[N+](C)(C)CCCNCc1c(O)cc2c(c1O)-c1c(O)cccc1C1NC(=O)C3NC(=O)C4NC(=O)C(NC(=O)C(N)c5ccc(O)c(c5)Oc5cc(O)cc4c5)C(O)c4ccc(c(Cl)c4)Oc4cc3cc(c4O)Oc3ccc(cc3Cl)C(O)C(NC1=O)C(=O)NC2C(=O)NCCCN(C)C. The van der Waals surface area contributed by atoms with Crippen molar-refractivity contribution in [3.63, 3.8) is 0 Å². The summed E-state index contributed by atoms with van der Waals surface area (Å²) in [6.45, 7) is 4.57. The van der Waals surface area contributed by atoms with Crippen molar-refractivity contribution in [3.05, 3.63) is 164 Å². The molecule has 584 valence electrons. The summed E-state index contributed by atoms with van der Waals surface area (Å²) in [5.41, 5.74) is 3.75. The molecule has 18 N–H and O–H groups in total. The van der Waals surface area contributed by atoms with E-state index in [1.807, 2.05) is 19.0 Å². The third-order valence-electron chi connectivity index (χ3n) is 20.0. The van der Waals surface area contributed by atoms with Gasteiger partial charge in [0.05, 0.1) is 42.8 Å². The Balaban J connectivity index is 1.08. The van der Waals surface area contributed by atoms with Gasteiger partial charge >= 0.3 is 0 Å². The van der Waals surface area contributed by atoms with E-state index >= 15 is 28.8 Å². The molecular weight excluding hydrogens is 1460 g/mol. The zero-order chi connectivity index (χ0) is 79.0. The minimum atomic E-state index is -2.28. The molecule has 6 heterocycles. The Morgan fingerprint density at radius 2 is 1.06 bits per heavy atom. The van der Waals surface area contributed by atoms with Gasteiger partial charge in [-0.25, -0.2) is 0 Å². The maximum absolute atomic E-state index is 16.4. The summed E-state index contributed by atoms with van der Waals surface area (Å²) in [7, 11) is 7.95. The number of halogens is 2. The highest BCUT2D eigenvalue weighted by Gasteiger charge is 2.44. The minimum absolute atomic E-state index is 0.0131. The first kappa shape index (κ1) is 80.4. The number of unbranched alkanes of at least 4 members (excludes halogenated alkanes) is 7. The number of carbonyl (C=O) groups is 7. The lowest BCUT2D eigenvalue weighted by Crippen LogP contribution is -2.56. The van der Waals surface area contributed by atoms with Gasteiger partial charge in [0, 0.05) is 43.2 Å². The lowest BCUT2D eigenvalue weighted by molar-refractivity contribution is -0.890. The van der Waals surface area contributed by atoms with Crippen LogP contribution in [-0.4, -0.2) is 165 Å². The fraction of sp³-hybridized carbons (Fsp3) is 0.380. The highest BCUT2D eigenvalue weighted by molar-refractivity contribution is 6.32. The number of hydrogen-bond donors (Lipinski definition) is 17. The van der Waals surface area contributed by atoms with Gasteiger partial charge in [-0.15, -0.1) is 0 Å². The highest BCUT2D eigenvalue weighted by atomic mass is 35.5. The number of nitrogens with zero attached hydrogens (tertiary/aromatic N) is 2. The molecule has 13 rings (SSSR count). The lowest BCUT2D eigenvalue weighted by Gasteiger charge is -2.31. The Hall–Kier alpha value is -10.6. The molecule has 0 saturated heterocycles. The monoisotopic (exact) mass is 1550 g/mol. The molecule has 7 amide bonds. The predicted molar refractivity (Wildman–Crippen MR) is 406 cm³/mol. The summed E-state index contributed by atoms with van der Waals surface area (Å²) in [4.78, 5) is 110. The number of carbonyl (C=O) groups excluding carboxylic acids is 7. The molecule has 0 radical (unpaired) electrons. The number of phenolic OH excluding ortho intramolecular Hbond substituents is 6. The summed E-state index contributed by atoms with van der Waals surface area (Å²) in [6, 6.07) is 6.66. The topological polar surface area (TPSA) is 435 Å². The molecule has 0 spiro atoms. The van der Waals surface area contributed by atoms with Gasteiger partial charge in [-0.05, 0) is 152 Å². The van der Waals surface area contributed by atoms with Gasteiger partial charge in [0.15, 0.2) is 23.0 Å². The van der Waals surface area contributed by atoms with E-state index in [2.05, 4.69) is 63.6 Å². The van der Waals surface area contributed by atoms with Crippen LogP contribution in [0.2, 0.25) is 10.0 Å². The van der Waals surface area contributed by atoms with Crippen LogP contribution >= 0.6 is 23.2 Å². The summed E-state index contributed by atoms with van der Waals surface area (Å²) in [5, 5.41) is 119. The summed E-state index contributed by atoms with van der Waals surface area (Å²) >= 11 is 13.9. The molecule has 7 aromatic carbocycles. The Labute approximate surface area is 644 Å². The molecule has 110 heavy (non-hydrogen) atoms. The number of aliphatic hydroxyl groups excluding tert-OH is 2. The van der Waals surface area contributed by atoms with E-state index < -0.39 is 153 Å². The number of rotatable bonds is 20. The minimum Gasteiger partial charge on any atom is -0.508 e. The van der Waals surface area contributed by atoms with Gasteiger partial charge in [-0.2, -0.15) is 0 Å². The second kappa shape index (κ2) is 34.9. The molecule has 7 aromatic rings. The molecule has 0 aromatic heterocycles. The predicted octanol–water partition coefficient (Wildman–Crippen LogP) is 8.16. The third kappa shape index (κ3) is 18.5. The van der Waals surface area contributed by atoms with Crippen molar-refractivity contribution < 1.29 is 93.1 Å². The van der Waals surface area contributed by atoms with Gasteiger partial charge < -0.3 is 113 Å². The number of benzene rings is 7. The number of phenols is 6. The molecule has 0 fully saturated rings. The smallest absolute Gasteiger partial charge is 0.248 e. The number of quaternary nitrogens is 1. The van der Waals surface area contributed by atoms with Gasteiger partial charge in [-0.3, -0.25) is 33.6 Å². The Morgan fingerprint density at radius 3 is 1.69 bits per heavy atom.